The maximum atomic E-state index is 13.5. The Hall–Kier alpha value is -1.52. The number of nitrogens with zero attached hydrogens (tertiary/aromatic N) is 1. The summed E-state index contributed by atoms with van der Waals surface area (Å²) in [5.41, 5.74) is -3.37. The highest BCUT2D eigenvalue weighted by Gasteiger charge is 2.42. The van der Waals surface area contributed by atoms with E-state index in [9.17, 15) is 31.4 Å². The third-order valence-corrected chi connectivity index (χ3v) is 4.09. The van der Waals surface area contributed by atoms with Crippen LogP contribution in [0.2, 0.25) is 0 Å². The number of hydrogen-bond acceptors (Lipinski definition) is 4. The van der Waals surface area contributed by atoms with Crippen molar-refractivity contribution in [2.45, 2.75) is 18.4 Å². The van der Waals surface area contributed by atoms with Crippen molar-refractivity contribution in [2.75, 3.05) is 39.9 Å². The largest absolute Gasteiger partial charge is 0.496 e. The molecule has 0 aromatic heterocycles. The predicted molar refractivity (Wildman–Crippen MR) is 77.3 cm³/mol. The topological polar surface area (TPSA) is 44.7 Å². The first-order chi connectivity index (χ1) is 11.6. The Kier molecular flexibility index (Phi) is 5.85. The van der Waals surface area contributed by atoms with E-state index in [4.69, 9.17) is 4.74 Å². The highest BCUT2D eigenvalue weighted by molar-refractivity contribution is 5.48. The van der Waals surface area contributed by atoms with Crippen LogP contribution in [0.4, 0.5) is 26.3 Å². The van der Waals surface area contributed by atoms with Crippen LogP contribution >= 0.6 is 0 Å². The third kappa shape index (κ3) is 4.36. The van der Waals surface area contributed by atoms with E-state index in [-0.39, 0.29) is 6.07 Å². The summed E-state index contributed by atoms with van der Waals surface area (Å²) in [6, 6.07) is -0.506. The molecule has 1 aliphatic rings. The first-order valence-corrected chi connectivity index (χ1v) is 7.51. The van der Waals surface area contributed by atoms with Crippen molar-refractivity contribution in [3.8, 4) is 5.75 Å². The molecule has 1 saturated heterocycles. The van der Waals surface area contributed by atoms with Gasteiger partial charge in [0.2, 0.25) is 0 Å². The molecule has 142 valence electrons. The molecule has 1 heterocycles. The van der Waals surface area contributed by atoms with Crippen molar-refractivity contribution >= 4 is 0 Å². The first-order valence-electron chi connectivity index (χ1n) is 7.51. The number of piperazine rings is 1. The van der Waals surface area contributed by atoms with Crippen molar-refractivity contribution in [3.63, 3.8) is 0 Å². The quantitative estimate of drug-likeness (QED) is 0.798. The predicted octanol–water partition coefficient (Wildman–Crippen LogP) is 2.67. The third-order valence-electron chi connectivity index (χ3n) is 4.09. The summed E-state index contributed by atoms with van der Waals surface area (Å²) < 4.78 is 84.1. The van der Waals surface area contributed by atoms with Crippen LogP contribution < -0.4 is 10.1 Å². The molecule has 4 nitrogen and oxygen atoms in total. The molecule has 0 bridgehead atoms. The van der Waals surface area contributed by atoms with Gasteiger partial charge in [-0.1, -0.05) is 0 Å². The van der Waals surface area contributed by atoms with Crippen LogP contribution in [-0.2, 0) is 12.4 Å². The van der Waals surface area contributed by atoms with E-state index in [1.54, 1.807) is 4.90 Å². The second kappa shape index (κ2) is 7.38. The zero-order chi connectivity index (χ0) is 18.8. The van der Waals surface area contributed by atoms with Gasteiger partial charge in [0.25, 0.3) is 0 Å². The number of alkyl halides is 6. The zero-order valence-electron chi connectivity index (χ0n) is 13.3. The number of benzene rings is 1. The smallest absolute Gasteiger partial charge is 0.416 e. The minimum absolute atomic E-state index is 0.0721. The molecule has 0 amide bonds. The van der Waals surface area contributed by atoms with Crippen LogP contribution in [0.3, 0.4) is 0 Å². The van der Waals surface area contributed by atoms with Gasteiger partial charge < -0.3 is 15.2 Å². The maximum absolute atomic E-state index is 13.5. The Bertz CT molecular complexity index is 597. The molecular formula is C15H18F6N2O2. The van der Waals surface area contributed by atoms with Crippen molar-refractivity contribution in [1.29, 1.82) is 0 Å². The van der Waals surface area contributed by atoms with Gasteiger partial charge in [-0.2, -0.15) is 26.3 Å². The van der Waals surface area contributed by atoms with E-state index in [1.165, 1.54) is 0 Å². The molecule has 0 unspecified atom stereocenters. The fourth-order valence-electron chi connectivity index (χ4n) is 2.92. The van der Waals surface area contributed by atoms with Gasteiger partial charge in [-0.3, -0.25) is 4.90 Å². The molecule has 0 radical (unpaired) electrons. The van der Waals surface area contributed by atoms with E-state index in [0.29, 0.717) is 32.2 Å². The highest BCUT2D eigenvalue weighted by Crippen LogP contribution is 2.44. The number of nitrogens with one attached hydrogen (secondary N) is 1. The number of ether oxygens (including phenoxy) is 1. The molecule has 0 spiro atoms. The minimum Gasteiger partial charge on any atom is -0.496 e. The lowest BCUT2D eigenvalue weighted by Crippen LogP contribution is -2.46. The lowest BCUT2D eigenvalue weighted by molar-refractivity contribution is -0.144. The average molecular weight is 372 g/mol. The summed E-state index contributed by atoms with van der Waals surface area (Å²) in [6.45, 7) is 1.03. The molecular weight excluding hydrogens is 354 g/mol. The van der Waals surface area contributed by atoms with Crippen LogP contribution in [0.5, 0.6) is 5.75 Å². The SMILES string of the molecule is COc1cc(C(F)(F)F)cc(C(F)(F)F)c1[C@H](CO)N1CCNCC1. The fourth-order valence-corrected chi connectivity index (χ4v) is 2.92. The van der Waals surface area contributed by atoms with Gasteiger partial charge in [0, 0.05) is 31.7 Å². The first kappa shape index (κ1) is 19.8. The number of rotatable bonds is 4. The Labute approximate surface area is 140 Å². The van der Waals surface area contributed by atoms with Crippen LogP contribution in [0.15, 0.2) is 12.1 Å². The lowest BCUT2D eigenvalue weighted by Gasteiger charge is -2.36. The Morgan fingerprint density at radius 3 is 2.16 bits per heavy atom. The van der Waals surface area contributed by atoms with Crippen LogP contribution in [-0.4, -0.2) is 49.9 Å². The molecule has 1 aliphatic heterocycles. The van der Waals surface area contributed by atoms with E-state index >= 15 is 0 Å². The molecule has 1 aromatic rings. The molecule has 25 heavy (non-hydrogen) atoms. The number of halogens is 6. The van der Waals surface area contributed by atoms with Gasteiger partial charge in [-0.05, 0) is 12.1 Å². The van der Waals surface area contributed by atoms with Crippen LogP contribution in [0, 0.1) is 0 Å². The summed E-state index contributed by atoms with van der Waals surface area (Å²) in [4.78, 5) is 1.59. The Morgan fingerprint density at radius 2 is 1.72 bits per heavy atom. The lowest BCUT2D eigenvalue weighted by atomic mass is 9.94. The summed E-state index contributed by atoms with van der Waals surface area (Å²) in [5.74, 6) is -0.542. The molecule has 1 atom stereocenters. The van der Waals surface area contributed by atoms with Gasteiger partial charge in [-0.15, -0.1) is 0 Å². The van der Waals surface area contributed by atoms with Crippen molar-refractivity contribution in [2.24, 2.45) is 0 Å². The number of methoxy groups -OCH3 is 1. The standard InChI is InChI=1S/C15H18F6N2O2/c1-25-12-7-9(14(16,17)18)6-10(15(19,20)21)13(12)11(8-24)23-4-2-22-3-5-23/h6-7,11,22,24H,2-5,8H2,1H3/t11-/m0/s1. The monoisotopic (exact) mass is 372 g/mol. The summed E-state index contributed by atoms with van der Waals surface area (Å²) in [6.07, 6.45) is -9.97. The second-order valence-electron chi connectivity index (χ2n) is 5.62. The average Bonchev–Trinajstić information content (AvgIpc) is 2.54. The molecule has 2 N–H and O–H groups in total. The second-order valence-corrected chi connectivity index (χ2v) is 5.62. The molecule has 1 fully saturated rings. The summed E-state index contributed by atoms with van der Waals surface area (Å²) in [5, 5.41) is 12.7. The number of aliphatic hydroxyl groups excluding tert-OH is 1. The van der Waals surface area contributed by atoms with Crippen molar-refractivity contribution < 1.29 is 36.2 Å². The Balaban J connectivity index is 2.64. The van der Waals surface area contributed by atoms with Gasteiger partial charge in [0.1, 0.15) is 5.75 Å². The van der Waals surface area contributed by atoms with E-state index in [0.717, 1.165) is 7.11 Å². The van der Waals surface area contributed by atoms with E-state index in [2.05, 4.69) is 5.32 Å². The summed E-state index contributed by atoms with van der Waals surface area (Å²) >= 11 is 0. The van der Waals surface area contributed by atoms with Crippen LogP contribution in [0.25, 0.3) is 0 Å². The fraction of sp³-hybridized carbons (Fsp3) is 0.600. The molecule has 2 rings (SSSR count). The van der Waals surface area contributed by atoms with Crippen molar-refractivity contribution in [1.82, 2.24) is 10.2 Å². The van der Waals surface area contributed by atoms with E-state index in [1.807, 2.05) is 0 Å². The van der Waals surface area contributed by atoms with Gasteiger partial charge in [-0.25, -0.2) is 0 Å². The molecule has 10 heteroatoms. The van der Waals surface area contributed by atoms with Gasteiger partial charge in [0.15, 0.2) is 0 Å². The normalized spacial score (nSPS) is 18.2. The van der Waals surface area contributed by atoms with E-state index < -0.39 is 47.4 Å². The number of hydrogen-bond donors (Lipinski definition) is 2. The minimum atomic E-state index is -5.02. The Morgan fingerprint density at radius 1 is 1.12 bits per heavy atom. The number of aliphatic hydroxyl groups is 1. The van der Waals surface area contributed by atoms with Crippen molar-refractivity contribution in [3.05, 3.63) is 28.8 Å². The zero-order valence-corrected chi connectivity index (χ0v) is 13.3. The van der Waals surface area contributed by atoms with Crippen LogP contribution in [0.1, 0.15) is 22.7 Å². The van der Waals surface area contributed by atoms with Gasteiger partial charge >= 0.3 is 12.4 Å². The molecule has 0 saturated carbocycles. The van der Waals surface area contributed by atoms with Gasteiger partial charge in [0.05, 0.1) is 30.9 Å². The summed E-state index contributed by atoms with van der Waals surface area (Å²) in [7, 11) is 1.01. The highest BCUT2D eigenvalue weighted by atomic mass is 19.4. The molecule has 0 aliphatic carbocycles. The molecule has 1 aromatic carbocycles. The maximum Gasteiger partial charge on any atom is 0.416 e.